The third-order valence-corrected chi connectivity index (χ3v) is 4.14. The number of carbonyl (C=O) groups excluding carboxylic acids is 1. The molecule has 6 nitrogen and oxygen atoms in total. The molecule has 7 heteroatoms. The molecule has 1 aromatic carbocycles. The van der Waals surface area contributed by atoms with Crippen LogP contribution >= 0.6 is 24.0 Å². The number of hydrogen-bond acceptors (Lipinski definition) is 3. The highest BCUT2D eigenvalue weighted by atomic mass is 127. The molecule has 1 aliphatic heterocycles. The molecule has 1 saturated heterocycles. The number of hydrogen-bond donors (Lipinski definition) is 2. The maximum atomic E-state index is 12.2. The van der Waals surface area contributed by atoms with E-state index in [2.05, 4.69) is 10.3 Å². The van der Waals surface area contributed by atoms with Gasteiger partial charge in [0.15, 0.2) is 5.96 Å². The fourth-order valence-corrected chi connectivity index (χ4v) is 2.77. The molecule has 0 unspecified atom stereocenters. The van der Waals surface area contributed by atoms with E-state index < -0.39 is 0 Å². The van der Waals surface area contributed by atoms with Crippen LogP contribution < -0.4 is 5.32 Å². The summed E-state index contributed by atoms with van der Waals surface area (Å²) in [6.45, 7) is 2.61. The molecule has 23 heavy (non-hydrogen) atoms. The van der Waals surface area contributed by atoms with Crippen LogP contribution in [0.5, 0.6) is 5.75 Å². The van der Waals surface area contributed by atoms with E-state index in [1.54, 1.807) is 19.2 Å². The average Bonchev–Trinajstić information content (AvgIpc) is 3.34. The minimum atomic E-state index is 0. The SMILES string of the molecule is CN=C(NCc1ccc(O)cc1)N1CCN(C2CC2)C(=O)C1.I. The Kier molecular flexibility index (Phi) is 6.09. The van der Waals surface area contributed by atoms with Crippen molar-refractivity contribution in [2.75, 3.05) is 26.7 Å². The highest BCUT2D eigenvalue weighted by Gasteiger charge is 2.36. The molecule has 1 heterocycles. The Bertz CT molecular complexity index is 572. The van der Waals surface area contributed by atoms with E-state index in [1.165, 1.54) is 0 Å². The van der Waals surface area contributed by atoms with Crippen molar-refractivity contribution >= 4 is 35.8 Å². The van der Waals surface area contributed by atoms with E-state index in [0.717, 1.165) is 37.5 Å². The van der Waals surface area contributed by atoms with Crippen molar-refractivity contribution in [3.05, 3.63) is 29.8 Å². The van der Waals surface area contributed by atoms with Crippen LogP contribution in [0, 0.1) is 0 Å². The van der Waals surface area contributed by atoms with Crippen LogP contribution in [0.3, 0.4) is 0 Å². The molecule has 1 aromatic rings. The minimum Gasteiger partial charge on any atom is -0.508 e. The number of aliphatic imine (C=N–C) groups is 1. The first-order valence-corrected chi connectivity index (χ1v) is 7.70. The van der Waals surface area contributed by atoms with Gasteiger partial charge in [0.05, 0.1) is 6.54 Å². The van der Waals surface area contributed by atoms with Crippen LogP contribution in [0.1, 0.15) is 18.4 Å². The Morgan fingerprint density at radius 1 is 1.30 bits per heavy atom. The number of phenols is 1. The number of guanidine groups is 1. The number of aromatic hydroxyl groups is 1. The third kappa shape index (κ3) is 4.49. The topological polar surface area (TPSA) is 68.2 Å². The van der Waals surface area contributed by atoms with E-state index in [-0.39, 0.29) is 35.6 Å². The van der Waals surface area contributed by atoms with E-state index in [0.29, 0.717) is 19.1 Å². The predicted molar refractivity (Wildman–Crippen MR) is 100 cm³/mol. The van der Waals surface area contributed by atoms with Crippen molar-refractivity contribution in [2.45, 2.75) is 25.4 Å². The lowest BCUT2D eigenvalue weighted by Crippen LogP contribution is -2.55. The molecule has 1 saturated carbocycles. The standard InChI is InChI=1S/C16H22N4O2.HI/c1-17-16(18-10-12-2-6-14(21)7-3-12)19-8-9-20(13-4-5-13)15(22)11-19;/h2-3,6-7,13,21H,4-5,8-11H2,1H3,(H,17,18);1H. The Hall–Kier alpha value is -1.51. The number of amides is 1. The number of nitrogens with one attached hydrogen (secondary N) is 1. The van der Waals surface area contributed by atoms with Gasteiger partial charge in [0.1, 0.15) is 5.75 Å². The lowest BCUT2D eigenvalue weighted by atomic mass is 10.2. The summed E-state index contributed by atoms with van der Waals surface area (Å²) in [4.78, 5) is 20.5. The second-order valence-electron chi connectivity index (χ2n) is 5.81. The monoisotopic (exact) mass is 430 g/mol. The van der Waals surface area contributed by atoms with Crippen molar-refractivity contribution in [2.24, 2.45) is 4.99 Å². The van der Waals surface area contributed by atoms with Crippen LogP contribution in [0.2, 0.25) is 0 Å². The van der Waals surface area contributed by atoms with Crippen molar-refractivity contribution in [1.82, 2.24) is 15.1 Å². The maximum Gasteiger partial charge on any atom is 0.242 e. The van der Waals surface area contributed by atoms with Gasteiger partial charge in [0.2, 0.25) is 5.91 Å². The van der Waals surface area contributed by atoms with E-state index in [4.69, 9.17) is 0 Å². The molecule has 2 fully saturated rings. The first kappa shape index (κ1) is 17.8. The van der Waals surface area contributed by atoms with Gasteiger partial charge in [-0.15, -0.1) is 24.0 Å². The summed E-state index contributed by atoms with van der Waals surface area (Å²) in [5.74, 6) is 1.20. The lowest BCUT2D eigenvalue weighted by molar-refractivity contribution is -0.135. The number of benzene rings is 1. The summed E-state index contributed by atoms with van der Waals surface area (Å²) < 4.78 is 0. The molecule has 0 bridgehead atoms. The molecular formula is C16H23IN4O2. The summed E-state index contributed by atoms with van der Waals surface area (Å²) in [7, 11) is 1.73. The molecule has 2 aliphatic rings. The Morgan fingerprint density at radius 3 is 2.57 bits per heavy atom. The fourth-order valence-electron chi connectivity index (χ4n) is 2.77. The van der Waals surface area contributed by atoms with E-state index in [1.807, 2.05) is 21.9 Å². The lowest BCUT2D eigenvalue weighted by Gasteiger charge is -2.36. The zero-order valence-electron chi connectivity index (χ0n) is 13.2. The summed E-state index contributed by atoms with van der Waals surface area (Å²) in [5.41, 5.74) is 1.06. The van der Waals surface area contributed by atoms with Crippen molar-refractivity contribution < 1.29 is 9.90 Å². The molecule has 0 aromatic heterocycles. The first-order chi connectivity index (χ1) is 10.7. The van der Waals surface area contributed by atoms with Gasteiger partial charge in [-0.25, -0.2) is 0 Å². The van der Waals surface area contributed by atoms with Gasteiger partial charge >= 0.3 is 0 Å². The Balaban J connectivity index is 0.00000192. The highest BCUT2D eigenvalue weighted by molar-refractivity contribution is 14.0. The molecule has 126 valence electrons. The normalized spacial score (nSPS) is 18.7. The van der Waals surface area contributed by atoms with Crippen LogP contribution in [0.25, 0.3) is 0 Å². The predicted octanol–water partition coefficient (Wildman–Crippen LogP) is 1.39. The second kappa shape index (κ2) is 7.85. The molecule has 1 amide bonds. The molecule has 0 radical (unpaired) electrons. The van der Waals surface area contributed by atoms with Crippen molar-refractivity contribution in [3.63, 3.8) is 0 Å². The van der Waals surface area contributed by atoms with E-state index in [9.17, 15) is 9.90 Å². The summed E-state index contributed by atoms with van der Waals surface area (Å²) in [6, 6.07) is 7.55. The van der Waals surface area contributed by atoms with Gasteiger partial charge in [-0.1, -0.05) is 12.1 Å². The Labute approximate surface area is 153 Å². The summed E-state index contributed by atoms with van der Waals surface area (Å²) in [6.07, 6.45) is 2.30. The number of carbonyl (C=O) groups is 1. The number of nitrogens with zero attached hydrogens (tertiary/aromatic N) is 3. The van der Waals surface area contributed by atoms with Crippen molar-refractivity contribution in [3.8, 4) is 5.75 Å². The van der Waals surface area contributed by atoms with E-state index >= 15 is 0 Å². The Morgan fingerprint density at radius 2 is 2.00 bits per heavy atom. The smallest absolute Gasteiger partial charge is 0.242 e. The molecule has 2 N–H and O–H groups in total. The van der Waals surface area contributed by atoms with Gasteiger partial charge < -0.3 is 20.2 Å². The minimum absolute atomic E-state index is 0. The van der Waals surface area contributed by atoms with Gasteiger partial charge in [0, 0.05) is 32.7 Å². The zero-order valence-corrected chi connectivity index (χ0v) is 15.6. The van der Waals surface area contributed by atoms with Gasteiger partial charge in [-0.3, -0.25) is 9.79 Å². The van der Waals surface area contributed by atoms with Crippen LogP contribution in [0.4, 0.5) is 0 Å². The van der Waals surface area contributed by atoms with Gasteiger partial charge in [0.25, 0.3) is 0 Å². The number of halogens is 1. The maximum absolute atomic E-state index is 12.2. The average molecular weight is 430 g/mol. The quantitative estimate of drug-likeness (QED) is 0.432. The highest BCUT2D eigenvalue weighted by Crippen LogP contribution is 2.28. The molecular weight excluding hydrogens is 407 g/mol. The van der Waals surface area contributed by atoms with Gasteiger partial charge in [-0.05, 0) is 30.5 Å². The largest absolute Gasteiger partial charge is 0.508 e. The molecule has 0 atom stereocenters. The summed E-state index contributed by atoms with van der Waals surface area (Å²) in [5, 5.41) is 12.6. The number of piperazine rings is 1. The fraction of sp³-hybridized carbons (Fsp3) is 0.500. The zero-order chi connectivity index (χ0) is 15.5. The molecule has 3 rings (SSSR count). The first-order valence-electron chi connectivity index (χ1n) is 7.70. The van der Waals surface area contributed by atoms with Crippen molar-refractivity contribution in [1.29, 1.82) is 0 Å². The van der Waals surface area contributed by atoms with Crippen LogP contribution in [-0.2, 0) is 11.3 Å². The summed E-state index contributed by atoms with van der Waals surface area (Å²) >= 11 is 0. The van der Waals surface area contributed by atoms with Crippen LogP contribution in [0.15, 0.2) is 29.3 Å². The molecule has 0 spiro atoms. The third-order valence-electron chi connectivity index (χ3n) is 4.14. The van der Waals surface area contributed by atoms with Crippen LogP contribution in [-0.4, -0.2) is 59.5 Å². The number of rotatable bonds is 3. The molecule has 1 aliphatic carbocycles. The number of phenolic OH excluding ortho intramolecular Hbond substituents is 1. The second-order valence-corrected chi connectivity index (χ2v) is 5.81. The van der Waals surface area contributed by atoms with Gasteiger partial charge in [-0.2, -0.15) is 0 Å².